The van der Waals surface area contributed by atoms with Gasteiger partial charge in [-0.05, 0) is 36.7 Å². The highest BCUT2D eigenvalue weighted by Gasteiger charge is 2.54. The molecule has 1 aromatic heterocycles. The summed E-state index contributed by atoms with van der Waals surface area (Å²) in [7, 11) is -1.81. The molecule has 0 spiro atoms. The van der Waals surface area contributed by atoms with Gasteiger partial charge in [-0.25, -0.2) is 4.79 Å². The Balaban J connectivity index is 2.01. The number of rotatable bonds is 7. The fraction of sp³-hybridized carbons (Fsp3) is 0.667. The molecule has 1 fully saturated rings. The van der Waals surface area contributed by atoms with Crippen molar-refractivity contribution < 1.29 is 18.7 Å². The topological polar surface area (TPSA) is 57.7 Å². The zero-order chi connectivity index (χ0) is 18.0. The number of aromatic nitrogens is 1. The Kier molecular flexibility index (Phi) is 5.40. The molecule has 1 saturated carbocycles. The van der Waals surface area contributed by atoms with Crippen molar-refractivity contribution in [2.45, 2.75) is 70.9 Å². The van der Waals surface area contributed by atoms with Crippen molar-refractivity contribution in [3.05, 3.63) is 24.0 Å². The molecule has 24 heavy (non-hydrogen) atoms. The number of esters is 1. The highest BCUT2D eigenvalue weighted by molar-refractivity contribution is 6.74. The summed E-state index contributed by atoms with van der Waals surface area (Å²) in [5.41, 5.74) is 0.147. The van der Waals surface area contributed by atoms with Crippen molar-refractivity contribution in [3.63, 3.8) is 0 Å². The first-order valence-corrected chi connectivity index (χ1v) is 11.4. The zero-order valence-electron chi connectivity index (χ0n) is 15.6. The SMILES string of the molecule is CCOC(=O)C1(Oc2cncc(CO[Si](C)(C)C(C)(C)C)c2)CC1. The quantitative estimate of drug-likeness (QED) is 0.547. The van der Waals surface area contributed by atoms with Crippen LogP contribution < -0.4 is 4.74 Å². The Morgan fingerprint density at radius 2 is 1.96 bits per heavy atom. The molecule has 0 aliphatic heterocycles. The van der Waals surface area contributed by atoms with Crippen LogP contribution in [0.2, 0.25) is 18.1 Å². The van der Waals surface area contributed by atoms with Gasteiger partial charge in [-0.15, -0.1) is 0 Å². The average Bonchev–Trinajstić information content (AvgIpc) is 3.26. The van der Waals surface area contributed by atoms with E-state index in [9.17, 15) is 4.79 Å². The molecule has 1 aliphatic carbocycles. The third-order valence-corrected chi connectivity index (χ3v) is 9.32. The standard InChI is InChI=1S/C18H29NO4Si/c1-7-21-16(20)18(8-9-18)23-15-10-14(11-19-12-15)13-22-24(5,6)17(2,3)4/h10-12H,7-9,13H2,1-6H3. The fourth-order valence-electron chi connectivity index (χ4n) is 2.03. The molecule has 134 valence electrons. The maximum absolute atomic E-state index is 12.0. The van der Waals surface area contributed by atoms with Crippen LogP contribution in [-0.2, 0) is 20.6 Å². The number of pyridine rings is 1. The number of carbonyl (C=O) groups excluding carboxylic acids is 1. The van der Waals surface area contributed by atoms with E-state index < -0.39 is 13.9 Å². The van der Waals surface area contributed by atoms with Gasteiger partial charge < -0.3 is 13.9 Å². The van der Waals surface area contributed by atoms with Crippen LogP contribution in [0, 0.1) is 0 Å². The van der Waals surface area contributed by atoms with Crippen LogP contribution in [0.5, 0.6) is 5.75 Å². The van der Waals surface area contributed by atoms with Gasteiger partial charge >= 0.3 is 5.97 Å². The maximum atomic E-state index is 12.0. The summed E-state index contributed by atoms with van der Waals surface area (Å²) < 4.78 is 17.2. The molecule has 2 rings (SSSR count). The second kappa shape index (κ2) is 6.84. The summed E-state index contributed by atoms with van der Waals surface area (Å²) in [4.78, 5) is 16.2. The molecular formula is C18H29NO4Si. The van der Waals surface area contributed by atoms with Gasteiger partial charge in [0.1, 0.15) is 5.75 Å². The van der Waals surface area contributed by atoms with Crippen molar-refractivity contribution in [2.75, 3.05) is 6.61 Å². The van der Waals surface area contributed by atoms with Crippen LogP contribution in [-0.4, -0.2) is 31.5 Å². The minimum absolute atomic E-state index is 0.163. The van der Waals surface area contributed by atoms with E-state index in [1.54, 1.807) is 19.3 Å². The van der Waals surface area contributed by atoms with Crippen molar-refractivity contribution >= 4 is 14.3 Å². The van der Waals surface area contributed by atoms with Gasteiger partial charge in [0.05, 0.1) is 19.4 Å². The summed E-state index contributed by atoms with van der Waals surface area (Å²) in [5, 5.41) is 0.163. The predicted octanol–water partition coefficient (Wildman–Crippen LogP) is 4.08. The lowest BCUT2D eigenvalue weighted by molar-refractivity contribution is -0.153. The first kappa shape index (κ1) is 18.9. The van der Waals surface area contributed by atoms with Gasteiger partial charge in [0.25, 0.3) is 0 Å². The minimum atomic E-state index is -1.81. The molecule has 6 heteroatoms. The molecule has 0 amide bonds. The van der Waals surface area contributed by atoms with Crippen molar-refractivity contribution in [1.29, 1.82) is 0 Å². The van der Waals surface area contributed by atoms with Gasteiger partial charge in [-0.2, -0.15) is 0 Å². The molecule has 1 heterocycles. The van der Waals surface area contributed by atoms with Crippen molar-refractivity contribution in [3.8, 4) is 5.75 Å². The largest absolute Gasteiger partial charge is 0.474 e. The number of hydrogen-bond acceptors (Lipinski definition) is 5. The zero-order valence-corrected chi connectivity index (χ0v) is 16.6. The Hall–Kier alpha value is -1.40. The molecule has 0 unspecified atom stereocenters. The Bertz CT molecular complexity index is 591. The van der Waals surface area contributed by atoms with E-state index in [-0.39, 0.29) is 11.0 Å². The molecule has 0 radical (unpaired) electrons. The van der Waals surface area contributed by atoms with E-state index in [1.807, 2.05) is 6.07 Å². The molecule has 0 atom stereocenters. The summed E-state index contributed by atoms with van der Waals surface area (Å²) in [6.45, 7) is 13.8. The summed E-state index contributed by atoms with van der Waals surface area (Å²) >= 11 is 0. The van der Waals surface area contributed by atoms with Gasteiger partial charge in [0.15, 0.2) is 8.32 Å². The fourth-order valence-corrected chi connectivity index (χ4v) is 2.99. The van der Waals surface area contributed by atoms with Crippen LogP contribution in [0.15, 0.2) is 18.5 Å². The van der Waals surface area contributed by atoms with Crippen molar-refractivity contribution in [1.82, 2.24) is 4.98 Å². The highest BCUT2D eigenvalue weighted by Crippen LogP contribution is 2.41. The maximum Gasteiger partial charge on any atom is 0.350 e. The van der Waals surface area contributed by atoms with E-state index in [4.69, 9.17) is 13.9 Å². The monoisotopic (exact) mass is 351 g/mol. The summed E-state index contributed by atoms with van der Waals surface area (Å²) in [5.74, 6) is 0.310. The molecule has 1 aliphatic rings. The molecule has 0 saturated heterocycles. The lowest BCUT2D eigenvalue weighted by Crippen LogP contribution is -2.40. The number of carbonyl (C=O) groups is 1. The number of ether oxygens (including phenoxy) is 2. The predicted molar refractivity (Wildman–Crippen MR) is 95.4 cm³/mol. The van der Waals surface area contributed by atoms with Crippen molar-refractivity contribution in [2.24, 2.45) is 0 Å². The Labute approximate surface area is 145 Å². The molecule has 0 N–H and O–H groups in total. The third-order valence-electron chi connectivity index (χ3n) is 4.84. The van der Waals surface area contributed by atoms with Crippen LogP contribution in [0.25, 0.3) is 0 Å². The molecule has 0 bridgehead atoms. The second-order valence-electron chi connectivity index (χ2n) is 7.89. The molecule has 5 nitrogen and oxygen atoms in total. The first-order chi connectivity index (χ1) is 11.1. The summed E-state index contributed by atoms with van der Waals surface area (Å²) in [6.07, 6.45) is 4.80. The number of hydrogen-bond donors (Lipinski definition) is 0. The molecule has 1 aromatic rings. The lowest BCUT2D eigenvalue weighted by atomic mass is 10.2. The third kappa shape index (κ3) is 4.36. The van der Waals surface area contributed by atoms with E-state index in [0.29, 0.717) is 31.8 Å². The number of nitrogens with zero attached hydrogens (tertiary/aromatic N) is 1. The minimum Gasteiger partial charge on any atom is -0.474 e. The van der Waals surface area contributed by atoms with Gasteiger partial charge in [0.2, 0.25) is 5.60 Å². The lowest BCUT2D eigenvalue weighted by Gasteiger charge is -2.36. The van der Waals surface area contributed by atoms with E-state index in [1.165, 1.54) is 0 Å². The van der Waals surface area contributed by atoms with Crippen LogP contribution >= 0.6 is 0 Å². The van der Waals surface area contributed by atoms with E-state index >= 15 is 0 Å². The Morgan fingerprint density at radius 3 is 2.50 bits per heavy atom. The Morgan fingerprint density at radius 1 is 1.29 bits per heavy atom. The average molecular weight is 352 g/mol. The molecule has 0 aromatic carbocycles. The van der Waals surface area contributed by atoms with E-state index in [2.05, 4.69) is 38.8 Å². The normalized spacial score (nSPS) is 16.6. The van der Waals surface area contributed by atoms with Crippen LogP contribution in [0.1, 0.15) is 46.1 Å². The van der Waals surface area contributed by atoms with E-state index in [0.717, 1.165) is 5.56 Å². The smallest absolute Gasteiger partial charge is 0.350 e. The second-order valence-corrected chi connectivity index (χ2v) is 12.7. The van der Waals surface area contributed by atoms with Gasteiger partial charge in [-0.3, -0.25) is 4.98 Å². The van der Waals surface area contributed by atoms with Crippen LogP contribution in [0.3, 0.4) is 0 Å². The van der Waals surface area contributed by atoms with Gasteiger partial charge in [0, 0.05) is 19.0 Å². The highest BCUT2D eigenvalue weighted by atomic mass is 28.4. The van der Waals surface area contributed by atoms with Crippen LogP contribution in [0.4, 0.5) is 0 Å². The van der Waals surface area contributed by atoms with Gasteiger partial charge in [-0.1, -0.05) is 20.8 Å². The molecular weight excluding hydrogens is 322 g/mol. The first-order valence-electron chi connectivity index (χ1n) is 8.54. The summed E-state index contributed by atoms with van der Waals surface area (Å²) in [6, 6.07) is 1.90.